The van der Waals surface area contributed by atoms with Crippen LogP contribution in [-0.4, -0.2) is 37.1 Å². The molecule has 0 aromatic heterocycles. The normalized spacial score (nSPS) is 33.5. The standard InChI is InChI=1S/C14H25N3/c1-14(10-15,16-2)11-17-8-7-12-5-3-4-6-13(12)9-17/h12-13,16H,3-9,11H2,1-2H3. The summed E-state index contributed by atoms with van der Waals surface area (Å²) in [6, 6.07) is 2.39. The highest BCUT2D eigenvalue weighted by atomic mass is 15.2. The number of nitriles is 1. The fourth-order valence-electron chi connectivity index (χ4n) is 3.44. The van der Waals surface area contributed by atoms with Gasteiger partial charge in [-0.15, -0.1) is 0 Å². The molecule has 1 heterocycles. The highest BCUT2D eigenvalue weighted by Crippen LogP contribution is 2.36. The van der Waals surface area contributed by atoms with Crippen molar-refractivity contribution < 1.29 is 0 Å². The molecule has 96 valence electrons. The smallest absolute Gasteiger partial charge is 0.116 e. The van der Waals surface area contributed by atoms with Crippen molar-refractivity contribution in [2.24, 2.45) is 11.8 Å². The lowest BCUT2D eigenvalue weighted by Gasteiger charge is -2.43. The number of rotatable bonds is 3. The Labute approximate surface area is 105 Å². The maximum atomic E-state index is 9.21. The van der Waals surface area contributed by atoms with Gasteiger partial charge in [0.1, 0.15) is 5.54 Å². The van der Waals surface area contributed by atoms with E-state index in [9.17, 15) is 5.26 Å². The van der Waals surface area contributed by atoms with Gasteiger partial charge in [-0.25, -0.2) is 0 Å². The van der Waals surface area contributed by atoms with Crippen molar-refractivity contribution in [1.82, 2.24) is 10.2 Å². The highest BCUT2D eigenvalue weighted by Gasteiger charge is 2.34. The van der Waals surface area contributed by atoms with Crippen molar-refractivity contribution in [3.8, 4) is 6.07 Å². The summed E-state index contributed by atoms with van der Waals surface area (Å²) in [4.78, 5) is 2.49. The number of piperidine rings is 1. The van der Waals surface area contributed by atoms with E-state index in [4.69, 9.17) is 0 Å². The molecule has 3 atom stereocenters. The van der Waals surface area contributed by atoms with Crippen molar-refractivity contribution in [2.45, 2.75) is 44.6 Å². The zero-order valence-corrected chi connectivity index (χ0v) is 11.2. The molecule has 3 nitrogen and oxygen atoms in total. The number of nitrogens with one attached hydrogen (secondary N) is 1. The summed E-state index contributed by atoms with van der Waals surface area (Å²) in [7, 11) is 1.89. The molecule has 0 amide bonds. The van der Waals surface area contributed by atoms with E-state index in [2.05, 4.69) is 16.3 Å². The molecule has 1 saturated heterocycles. The first-order valence-electron chi connectivity index (χ1n) is 6.99. The SMILES string of the molecule is CNC(C)(C#N)CN1CCC2CCCCC2C1. The van der Waals surface area contributed by atoms with E-state index in [0.29, 0.717) is 0 Å². The Morgan fingerprint density at radius 3 is 2.65 bits per heavy atom. The van der Waals surface area contributed by atoms with Crippen LogP contribution in [0.3, 0.4) is 0 Å². The van der Waals surface area contributed by atoms with E-state index >= 15 is 0 Å². The second-order valence-electron chi connectivity index (χ2n) is 6.02. The predicted molar refractivity (Wildman–Crippen MR) is 69.6 cm³/mol. The van der Waals surface area contributed by atoms with Crippen LogP contribution in [0.4, 0.5) is 0 Å². The van der Waals surface area contributed by atoms with Crippen molar-refractivity contribution in [3.05, 3.63) is 0 Å². The van der Waals surface area contributed by atoms with Crippen molar-refractivity contribution >= 4 is 0 Å². The van der Waals surface area contributed by atoms with Crippen molar-refractivity contribution in [3.63, 3.8) is 0 Å². The van der Waals surface area contributed by atoms with Gasteiger partial charge in [0.05, 0.1) is 6.07 Å². The molecule has 0 radical (unpaired) electrons. The van der Waals surface area contributed by atoms with Gasteiger partial charge in [0, 0.05) is 13.1 Å². The van der Waals surface area contributed by atoms with Gasteiger partial charge >= 0.3 is 0 Å². The van der Waals surface area contributed by atoms with Gasteiger partial charge in [0.2, 0.25) is 0 Å². The fraction of sp³-hybridized carbons (Fsp3) is 0.929. The van der Waals surface area contributed by atoms with Gasteiger partial charge in [-0.3, -0.25) is 0 Å². The molecule has 1 saturated carbocycles. The summed E-state index contributed by atoms with van der Waals surface area (Å²) < 4.78 is 0. The van der Waals surface area contributed by atoms with Gasteiger partial charge in [-0.1, -0.05) is 19.3 Å². The Morgan fingerprint density at radius 2 is 2.00 bits per heavy atom. The van der Waals surface area contributed by atoms with Crippen LogP contribution in [0.1, 0.15) is 39.0 Å². The Balaban J connectivity index is 1.90. The van der Waals surface area contributed by atoms with E-state index in [1.54, 1.807) is 0 Å². The van der Waals surface area contributed by atoms with E-state index in [-0.39, 0.29) is 5.54 Å². The third kappa shape index (κ3) is 3.00. The average Bonchev–Trinajstić information content (AvgIpc) is 2.38. The van der Waals surface area contributed by atoms with E-state index < -0.39 is 0 Å². The largest absolute Gasteiger partial charge is 0.302 e. The molecule has 0 aromatic rings. The number of hydrogen-bond acceptors (Lipinski definition) is 3. The first-order chi connectivity index (χ1) is 8.17. The van der Waals surface area contributed by atoms with E-state index in [1.165, 1.54) is 45.2 Å². The minimum Gasteiger partial charge on any atom is -0.302 e. The van der Waals surface area contributed by atoms with Gasteiger partial charge in [0.15, 0.2) is 0 Å². The molecule has 0 bridgehead atoms. The Hall–Kier alpha value is -0.590. The molecule has 17 heavy (non-hydrogen) atoms. The van der Waals surface area contributed by atoms with E-state index in [1.807, 2.05) is 14.0 Å². The lowest BCUT2D eigenvalue weighted by atomic mass is 9.75. The van der Waals surface area contributed by atoms with Gasteiger partial charge in [-0.2, -0.15) is 5.26 Å². The molecular weight excluding hydrogens is 210 g/mol. The van der Waals surface area contributed by atoms with Crippen molar-refractivity contribution in [2.75, 3.05) is 26.7 Å². The van der Waals surface area contributed by atoms with Crippen LogP contribution in [0.15, 0.2) is 0 Å². The quantitative estimate of drug-likeness (QED) is 0.813. The zero-order valence-electron chi connectivity index (χ0n) is 11.2. The monoisotopic (exact) mass is 235 g/mol. The highest BCUT2D eigenvalue weighted by molar-refractivity contribution is 5.05. The maximum absolute atomic E-state index is 9.21. The summed E-state index contributed by atoms with van der Waals surface area (Å²) in [5, 5.41) is 12.4. The first kappa shape index (κ1) is 12.9. The van der Waals surface area contributed by atoms with Gasteiger partial charge < -0.3 is 10.2 Å². The van der Waals surface area contributed by atoms with Crippen LogP contribution in [0.2, 0.25) is 0 Å². The molecule has 0 aromatic carbocycles. The summed E-state index contributed by atoms with van der Waals surface area (Å²) in [6.07, 6.45) is 7.05. The van der Waals surface area contributed by atoms with Gasteiger partial charge in [-0.05, 0) is 45.2 Å². The summed E-state index contributed by atoms with van der Waals surface area (Å²) in [6.45, 7) is 5.26. The summed E-state index contributed by atoms with van der Waals surface area (Å²) in [5.41, 5.74) is -0.387. The predicted octanol–water partition coefficient (Wildman–Crippen LogP) is 2.00. The lowest BCUT2D eigenvalue weighted by Crippen LogP contribution is -2.52. The van der Waals surface area contributed by atoms with Crippen LogP contribution in [0.5, 0.6) is 0 Å². The molecule has 1 aliphatic carbocycles. The lowest BCUT2D eigenvalue weighted by molar-refractivity contribution is 0.0752. The number of likely N-dealkylation sites (N-methyl/N-ethyl adjacent to an activating group) is 1. The number of nitrogens with zero attached hydrogens (tertiary/aromatic N) is 2. The molecule has 2 rings (SSSR count). The number of hydrogen-bond donors (Lipinski definition) is 1. The summed E-state index contributed by atoms with van der Waals surface area (Å²) in [5.74, 6) is 1.88. The molecule has 3 unspecified atom stereocenters. The fourth-order valence-corrected chi connectivity index (χ4v) is 3.44. The average molecular weight is 235 g/mol. The van der Waals surface area contributed by atoms with Crippen LogP contribution >= 0.6 is 0 Å². The second-order valence-corrected chi connectivity index (χ2v) is 6.02. The third-order valence-corrected chi connectivity index (χ3v) is 4.71. The topological polar surface area (TPSA) is 39.1 Å². The first-order valence-corrected chi connectivity index (χ1v) is 6.99. The molecular formula is C14H25N3. The number of likely N-dealkylation sites (tertiary alicyclic amines) is 1. The molecule has 0 spiro atoms. The van der Waals surface area contributed by atoms with Crippen LogP contribution in [-0.2, 0) is 0 Å². The number of fused-ring (bicyclic) bond motifs is 1. The molecule has 2 aliphatic rings. The molecule has 3 heteroatoms. The van der Waals surface area contributed by atoms with Crippen molar-refractivity contribution in [1.29, 1.82) is 5.26 Å². The molecule has 1 N–H and O–H groups in total. The minimum atomic E-state index is -0.387. The van der Waals surface area contributed by atoms with Crippen LogP contribution in [0.25, 0.3) is 0 Å². The maximum Gasteiger partial charge on any atom is 0.116 e. The van der Waals surface area contributed by atoms with Crippen LogP contribution in [0, 0.1) is 23.2 Å². The van der Waals surface area contributed by atoms with Gasteiger partial charge in [0.25, 0.3) is 0 Å². The molecule has 2 fully saturated rings. The zero-order chi connectivity index (χ0) is 12.3. The Bertz CT molecular complexity index is 296. The van der Waals surface area contributed by atoms with Crippen LogP contribution < -0.4 is 5.32 Å². The summed E-state index contributed by atoms with van der Waals surface area (Å²) >= 11 is 0. The third-order valence-electron chi connectivity index (χ3n) is 4.71. The van der Waals surface area contributed by atoms with E-state index in [0.717, 1.165) is 18.4 Å². The Morgan fingerprint density at radius 1 is 1.29 bits per heavy atom. The molecule has 1 aliphatic heterocycles. The minimum absolute atomic E-state index is 0.387. The Kier molecular flexibility index (Phi) is 4.06. The second kappa shape index (κ2) is 5.37.